The molecule has 1 N–H and O–H groups in total. The molecule has 1 aromatic rings. The van der Waals surface area contributed by atoms with Crippen LogP contribution in [0, 0.1) is 11.3 Å². The fourth-order valence-electron chi connectivity index (χ4n) is 2.23. The van der Waals surface area contributed by atoms with E-state index in [0.717, 1.165) is 11.4 Å². The Morgan fingerprint density at radius 1 is 1.58 bits per heavy atom. The van der Waals surface area contributed by atoms with E-state index in [1.165, 1.54) is 4.90 Å². The van der Waals surface area contributed by atoms with Crippen molar-refractivity contribution in [3.05, 3.63) is 23.8 Å². The Morgan fingerprint density at radius 3 is 2.89 bits per heavy atom. The van der Waals surface area contributed by atoms with Crippen molar-refractivity contribution in [1.29, 1.82) is 5.26 Å². The largest absolute Gasteiger partial charge is 0.378 e. The molecule has 0 aromatic heterocycles. The van der Waals surface area contributed by atoms with Gasteiger partial charge in [0.2, 0.25) is 0 Å². The standard InChI is InChI=1S/C14H17N3O2/c1-9(6-7-15)16(2)10-4-5-11-12(8-10)17(3)14(19)13(11)18/h4-5,8-9,13,18H,6H2,1-3H3. The van der Waals surface area contributed by atoms with E-state index in [1.54, 1.807) is 13.1 Å². The smallest absolute Gasteiger partial charge is 0.260 e. The molecule has 2 rings (SSSR count). The fraction of sp³-hybridized carbons (Fsp3) is 0.429. The Hall–Kier alpha value is -2.06. The van der Waals surface area contributed by atoms with Crippen molar-refractivity contribution >= 4 is 17.3 Å². The number of aliphatic hydroxyl groups is 1. The molecular formula is C14H17N3O2. The Labute approximate surface area is 112 Å². The molecule has 1 aliphatic rings. The van der Waals surface area contributed by atoms with E-state index in [4.69, 9.17) is 5.26 Å². The number of nitriles is 1. The normalized spacial score (nSPS) is 19.0. The predicted molar refractivity (Wildman–Crippen MR) is 72.9 cm³/mol. The zero-order valence-corrected chi connectivity index (χ0v) is 11.3. The number of benzene rings is 1. The average molecular weight is 259 g/mol. The van der Waals surface area contributed by atoms with Crippen LogP contribution in [0.5, 0.6) is 0 Å². The lowest BCUT2D eigenvalue weighted by atomic mass is 10.1. The zero-order valence-electron chi connectivity index (χ0n) is 11.3. The van der Waals surface area contributed by atoms with Gasteiger partial charge in [-0.1, -0.05) is 6.07 Å². The summed E-state index contributed by atoms with van der Waals surface area (Å²) in [4.78, 5) is 15.2. The number of carbonyl (C=O) groups excluding carboxylic acids is 1. The Morgan fingerprint density at radius 2 is 2.26 bits per heavy atom. The molecule has 5 nitrogen and oxygen atoms in total. The molecule has 0 bridgehead atoms. The number of aliphatic hydroxyl groups excluding tert-OH is 1. The van der Waals surface area contributed by atoms with Crippen LogP contribution in [0.4, 0.5) is 11.4 Å². The first kappa shape index (κ1) is 13.4. The lowest BCUT2D eigenvalue weighted by Gasteiger charge is -2.26. The minimum atomic E-state index is -1.06. The van der Waals surface area contributed by atoms with Crippen molar-refractivity contribution in [3.8, 4) is 6.07 Å². The number of rotatable bonds is 3. The van der Waals surface area contributed by atoms with Gasteiger partial charge in [0.25, 0.3) is 5.91 Å². The summed E-state index contributed by atoms with van der Waals surface area (Å²) >= 11 is 0. The summed E-state index contributed by atoms with van der Waals surface area (Å²) in [6, 6.07) is 7.75. The molecule has 1 heterocycles. The molecule has 0 saturated heterocycles. The lowest BCUT2D eigenvalue weighted by molar-refractivity contribution is -0.125. The average Bonchev–Trinajstić information content (AvgIpc) is 2.63. The van der Waals surface area contributed by atoms with Crippen molar-refractivity contribution in [3.63, 3.8) is 0 Å². The molecule has 100 valence electrons. The van der Waals surface area contributed by atoms with Crippen LogP contribution in [-0.4, -0.2) is 31.2 Å². The molecular weight excluding hydrogens is 242 g/mol. The van der Waals surface area contributed by atoms with Crippen LogP contribution in [-0.2, 0) is 4.79 Å². The van der Waals surface area contributed by atoms with Crippen LogP contribution in [0.2, 0.25) is 0 Å². The summed E-state index contributed by atoms with van der Waals surface area (Å²) in [7, 11) is 3.57. The summed E-state index contributed by atoms with van der Waals surface area (Å²) < 4.78 is 0. The van der Waals surface area contributed by atoms with E-state index in [1.807, 2.05) is 31.0 Å². The van der Waals surface area contributed by atoms with E-state index in [-0.39, 0.29) is 11.9 Å². The third-order valence-corrected chi connectivity index (χ3v) is 3.69. The quantitative estimate of drug-likeness (QED) is 0.891. The number of hydrogen-bond acceptors (Lipinski definition) is 4. The van der Waals surface area contributed by atoms with Crippen molar-refractivity contribution in [2.45, 2.75) is 25.5 Å². The number of fused-ring (bicyclic) bond motifs is 1. The van der Waals surface area contributed by atoms with E-state index in [9.17, 15) is 9.90 Å². The van der Waals surface area contributed by atoms with E-state index in [2.05, 4.69) is 6.07 Å². The van der Waals surface area contributed by atoms with Crippen LogP contribution >= 0.6 is 0 Å². The molecule has 0 saturated carbocycles. The number of likely N-dealkylation sites (N-methyl/N-ethyl adjacent to an activating group) is 1. The molecule has 2 atom stereocenters. The maximum Gasteiger partial charge on any atom is 0.260 e. The minimum absolute atomic E-state index is 0.0929. The van der Waals surface area contributed by atoms with E-state index >= 15 is 0 Å². The summed E-state index contributed by atoms with van der Waals surface area (Å²) in [5.41, 5.74) is 2.29. The maximum atomic E-state index is 11.7. The van der Waals surface area contributed by atoms with Gasteiger partial charge in [-0.05, 0) is 19.1 Å². The number of hydrogen-bond donors (Lipinski definition) is 1. The number of anilines is 2. The third-order valence-electron chi connectivity index (χ3n) is 3.69. The molecule has 1 amide bonds. The van der Waals surface area contributed by atoms with E-state index < -0.39 is 6.10 Å². The van der Waals surface area contributed by atoms with Gasteiger partial charge < -0.3 is 14.9 Å². The molecule has 19 heavy (non-hydrogen) atoms. The predicted octanol–water partition coefficient (Wildman–Crippen LogP) is 1.43. The fourth-order valence-corrected chi connectivity index (χ4v) is 2.23. The highest BCUT2D eigenvalue weighted by Gasteiger charge is 2.33. The summed E-state index contributed by atoms with van der Waals surface area (Å²) in [5, 5.41) is 18.5. The van der Waals surface area contributed by atoms with Crippen molar-refractivity contribution < 1.29 is 9.90 Å². The lowest BCUT2D eigenvalue weighted by Crippen LogP contribution is -2.28. The van der Waals surface area contributed by atoms with Gasteiger partial charge >= 0.3 is 0 Å². The van der Waals surface area contributed by atoms with Crippen LogP contribution in [0.1, 0.15) is 25.0 Å². The maximum absolute atomic E-state index is 11.7. The van der Waals surface area contributed by atoms with E-state index in [0.29, 0.717) is 12.0 Å². The number of amides is 1. The molecule has 0 aliphatic carbocycles. The Balaban J connectivity index is 2.33. The first-order valence-corrected chi connectivity index (χ1v) is 6.16. The Bertz CT molecular complexity index is 550. The molecule has 0 spiro atoms. The van der Waals surface area contributed by atoms with Crippen molar-refractivity contribution in [2.75, 3.05) is 23.9 Å². The van der Waals surface area contributed by atoms with Crippen LogP contribution in [0.15, 0.2) is 18.2 Å². The van der Waals surface area contributed by atoms with Crippen LogP contribution < -0.4 is 9.80 Å². The molecule has 0 radical (unpaired) electrons. The molecule has 5 heteroatoms. The highest BCUT2D eigenvalue weighted by molar-refractivity contribution is 6.03. The summed E-state index contributed by atoms with van der Waals surface area (Å²) in [6.07, 6.45) is -0.624. The first-order valence-electron chi connectivity index (χ1n) is 6.16. The van der Waals surface area contributed by atoms with Gasteiger partial charge in [0, 0.05) is 31.4 Å². The zero-order chi connectivity index (χ0) is 14.2. The van der Waals surface area contributed by atoms with Gasteiger partial charge in [-0.25, -0.2) is 0 Å². The monoisotopic (exact) mass is 259 g/mol. The summed E-state index contributed by atoms with van der Waals surface area (Å²) in [5.74, 6) is -0.306. The summed E-state index contributed by atoms with van der Waals surface area (Å²) in [6.45, 7) is 1.97. The second-order valence-corrected chi connectivity index (χ2v) is 4.87. The number of nitrogens with zero attached hydrogens (tertiary/aromatic N) is 3. The van der Waals surface area contributed by atoms with Gasteiger partial charge in [-0.2, -0.15) is 5.26 Å². The SMILES string of the molecule is CC(CC#N)N(C)c1ccc2c(c1)N(C)C(=O)C2O. The van der Waals surface area contributed by atoms with Gasteiger partial charge in [0.05, 0.1) is 18.2 Å². The van der Waals surface area contributed by atoms with Crippen molar-refractivity contribution in [2.24, 2.45) is 0 Å². The van der Waals surface area contributed by atoms with Gasteiger partial charge in [-0.15, -0.1) is 0 Å². The van der Waals surface area contributed by atoms with Gasteiger partial charge in [0.15, 0.2) is 6.10 Å². The highest BCUT2D eigenvalue weighted by Crippen LogP contribution is 2.37. The second kappa shape index (κ2) is 4.90. The molecule has 1 aliphatic heterocycles. The van der Waals surface area contributed by atoms with Crippen LogP contribution in [0.3, 0.4) is 0 Å². The van der Waals surface area contributed by atoms with Gasteiger partial charge in [0.1, 0.15) is 0 Å². The number of carbonyl (C=O) groups is 1. The first-order chi connectivity index (χ1) is 8.97. The molecule has 2 unspecified atom stereocenters. The minimum Gasteiger partial charge on any atom is -0.378 e. The third kappa shape index (κ3) is 2.15. The highest BCUT2D eigenvalue weighted by atomic mass is 16.3. The second-order valence-electron chi connectivity index (χ2n) is 4.87. The van der Waals surface area contributed by atoms with Crippen molar-refractivity contribution in [1.82, 2.24) is 0 Å². The topological polar surface area (TPSA) is 67.6 Å². The Kier molecular flexibility index (Phi) is 3.45. The molecule has 0 fully saturated rings. The van der Waals surface area contributed by atoms with Crippen LogP contribution in [0.25, 0.3) is 0 Å². The molecule has 1 aromatic carbocycles. The van der Waals surface area contributed by atoms with Gasteiger partial charge in [-0.3, -0.25) is 4.79 Å².